The molecule has 2 fully saturated rings. The van der Waals surface area contributed by atoms with Gasteiger partial charge in [0.25, 0.3) is 0 Å². The van der Waals surface area contributed by atoms with Crippen molar-refractivity contribution < 1.29 is 9.59 Å². The molecule has 11 nitrogen and oxygen atoms in total. The van der Waals surface area contributed by atoms with Gasteiger partial charge in [-0.2, -0.15) is 0 Å². The van der Waals surface area contributed by atoms with Crippen LogP contribution in [0.5, 0.6) is 0 Å². The lowest BCUT2D eigenvalue weighted by molar-refractivity contribution is -0.132. The second-order valence-electron chi connectivity index (χ2n) is 12.5. The van der Waals surface area contributed by atoms with Gasteiger partial charge in [-0.1, -0.05) is 30.3 Å². The number of amidine groups is 1. The summed E-state index contributed by atoms with van der Waals surface area (Å²) in [6.45, 7) is 7.20. The first-order chi connectivity index (χ1) is 22.7. The van der Waals surface area contributed by atoms with Crippen LogP contribution < -0.4 is 16.0 Å². The molecule has 3 aliphatic heterocycles. The average Bonchev–Trinajstić information content (AvgIpc) is 3.56. The highest BCUT2D eigenvalue weighted by atomic mass is 127. The van der Waals surface area contributed by atoms with Gasteiger partial charge in [-0.25, -0.2) is 8.11 Å². The van der Waals surface area contributed by atoms with Crippen molar-refractivity contribution in [2.75, 3.05) is 70.0 Å². The van der Waals surface area contributed by atoms with Crippen LogP contribution in [0.1, 0.15) is 49.3 Å². The van der Waals surface area contributed by atoms with Crippen LogP contribution in [0.15, 0.2) is 53.5 Å². The topological polar surface area (TPSA) is 145 Å². The first-order valence-electron chi connectivity index (χ1n) is 16.5. The average molecular weight is 752 g/mol. The minimum atomic E-state index is -0.183. The minimum absolute atomic E-state index is 0.0588. The molecule has 47 heavy (non-hydrogen) atoms. The van der Waals surface area contributed by atoms with E-state index in [2.05, 4.69) is 47.3 Å². The molecular formula is C35H46IN9O2. The first-order valence-corrected chi connectivity index (χ1v) is 17.4. The predicted molar refractivity (Wildman–Crippen MR) is 199 cm³/mol. The zero-order valence-corrected chi connectivity index (χ0v) is 29.5. The number of carbonyl (C=O) groups excluding carboxylic acids is 2. The molecule has 3 aliphatic rings. The van der Waals surface area contributed by atoms with E-state index in [4.69, 9.17) is 16.6 Å². The molecule has 0 spiro atoms. The van der Waals surface area contributed by atoms with E-state index >= 15 is 0 Å². The molecule has 12 heteroatoms. The van der Waals surface area contributed by atoms with Gasteiger partial charge < -0.3 is 26.3 Å². The predicted octanol–water partition coefficient (Wildman–Crippen LogP) is 4.26. The van der Waals surface area contributed by atoms with E-state index < -0.39 is 0 Å². The molecular weight excluding hydrogens is 705 g/mol. The highest BCUT2D eigenvalue weighted by molar-refractivity contribution is 14.1. The number of hydrogen-bond donors (Lipinski definition) is 4. The van der Waals surface area contributed by atoms with E-state index in [1.807, 2.05) is 59.2 Å². The number of nitrogens with two attached hydrogens (primary N) is 1. The van der Waals surface area contributed by atoms with Crippen molar-refractivity contribution in [1.82, 2.24) is 18.2 Å². The minimum Gasteiger partial charge on any atom is -0.398 e. The molecule has 2 aromatic rings. The molecule has 0 radical (unpaired) electrons. The summed E-state index contributed by atoms with van der Waals surface area (Å²) in [4.78, 5) is 36.9. The van der Waals surface area contributed by atoms with Crippen LogP contribution in [-0.2, 0) is 9.59 Å². The normalized spacial score (nSPS) is 19.5. The Bertz CT molecular complexity index is 1530. The lowest BCUT2D eigenvalue weighted by atomic mass is 9.88. The summed E-state index contributed by atoms with van der Waals surface area (Å²) in [5, 5.41) is 19.8. The smallest absolute Gasteiger partial charge is 0.237 e. The number of likely N-dealkylation sites (tertiary alicyclic amines) is 1. The third-order valence-corrected chi connectivity index (χ3v) is 10.4. The van der Waals surface area contributed by atoms with E-state index in [0.717, 1.165) is 54.7 Å². The highest BCUT2D eigenvalue weighted by Crippen LogP contribution is 2.30. The van der Waals surface area contributed by atoms with Gasteiger partial charge in [-0.05, 0) is 68.5 Å². The van der Waals surface area contributed by atoms with Crippen LogP contribution in [0.3, 0.4) is 0 Å². The molecule has 2 saturated heterocycles. The van der Waals surface area contributed by atoms with Crippen LogP contribution in [0.2, 0.25) is 0 Å². The third kappa shape index (κ3) is 8.46. The summed E-state index contributed by atoms with van der Waals surface area (Å²) in [6, 6.07) is 13.4. The van der Waals surface area contributed by atoms with Crippen molar-refractivity contribution in [3.63, 3.8) is 0 Å². The second kappa shape index (κ2) is 16.0. The Morgan fingerprint density at radius 2 is 1.79 bits per heavy atom. The summed E-state index contributed by atoms with van der Waals surface area (Å²) < 4.78 is 2.26. The van der Waals surface area contributed by atoms with Crippen LogP contribution in [-0.4, -0.2) is 102 Å². The van der Waals surface area contributed by atoms with E-state index in [9.17, 15) is 9.59 Å². The molecule has 2 amide bonds. The highest BCUT2D eigenvalue weighted by Gasteiger charge is 2.34. The molecule has 0 aromatic heterocycles. The summed E-state index contributed by atoms with van der Waals surface area (Å²) in [7, 11) is 1.75. The molecule has 1 atom stereocenters. The zero-order chi connectivity index (χ0) is 33.5. The maximum atomic E-state index is 13.8. The number of anilines is 2. The largest absolute Gasteiger partial charge is 0.398 e. The molecule has 2 aromatic carbocycles. The molecule has 0 bridgehead atoms. The SMILES string of the molecule is CCN(C(=O)[C@@H]1CCN(CC(=O)N2CC=C(c3ccc(C(=N)/N=C\NC)cc3)CC2)C1)c1ccc(N)c(C(=N)C2CCN(I)CC2)c1. The number of hydrogen-bond acceptors (Lipinski definition) is 7. The number of nitrogen functional groups attached to an aromatic ring is 1. The molecule has 5 rings (SSSR count). The van der Waals surface area contributed by atoms with Crippen LogP contribution in [0.25, 0.3) is 5.57 Å². The van der Waals surface area contributed by atoms with Crippen LogP contribution >= 0.6 is 22.9 Å². The van der Waals surface area contributed by atoms with Gasteiger partial charge in [0, 0.05) is 103 Å². The van der Waals surface area contributed by atoms with E-state index in [-0.39, 0.29) is 29.5 Å². The summed E-state index contributed by atoms with van der Waals surface area (Å²) in [5.74, 6) is 0.333. The maximum absolute atomic E-state index is 13.8. The first kappa shape index (κ1) is 34.7. The van der Waals surface area contributed by atoms with Crippen molar-refractivity contribution in [3.8, 4) is 0 Å². The number of piperidine rings is 1. The van der Waals surface area contributed by atoms with E-state index in [1.165, 1.54) is 11.9 Å². The fourth-order valence-corrected chi connectivity index (χ4v) is 7.22. The Labute approximate surface area is 291 Å². The number of nitrogens with one attached hydrogen (secondary N) is 3. The Morgan fingerprint density at radius 3 is 2.45 bits per heavy atom. The number of amides is 2. The van der Waals surface area contributed by atoms with Gasteiger partial charge in [0.15, 0.2) is 5.84 Å². The van der Waals surface area contributed by atoms with Crippen molar-refractivity contribution in [2.45, 2.75) is 32.6 Å². The number of benzene rings is 2. The summed E-state index contributed by atoms with van der Waals surface area (Å²) in [5.41, 5.74) is 12.0. The van der Waals surface area contributed by atoms with Gasteiger partial charge in [0.2, 0.25) is 11.8 Å². The Morgan fingerprint density at radius 1 is 1.06 bits per heavy atom. The fourth-order valence-electron chi connectivity index (χ4n) is 6.66. The fraction of sp³-hybridized carbons (Fsp3) is 0.457. The van der Waals surface area contributed by atoms with Gasteiger partial charge in [-0.3, -0.25) is 19.9 Å². The van der Waals surface area contributed by atoms with E-state index in [0.29, 0.717) is 57.1 Å². The van der Waals surface area contributed by atoms with E-state index in [1.54, 1.807) is 7.05 Å². The quantitative estimate of drug-likeness (QED) is 0.0940. The van der Waals surface area contributed by atoms with Crippen molar-refractivity contribution in [3.05, 3.63) is 65.2 Å². The number of carbonyl (C=O) groups is 2. The van der Waals surface area contributed by atoms with Gasteiger partial charge in [0.1, 0.15) is 0 Å². The van der Waals surface area contributed by atoms with Gasteiger partial charge >= 0.3 is 0 Å². The number of aliphatic imine (C=N–C) groups is 1. The molecule has 250 valence electrons. The molecule has 0 saturated carbocycles. The second-order valence-corrected chi connectivity index (χ2v) is 13.8. The molecule has 0 aliphatic carbocycles. The van der Waals surface area contributed by atoms with Crippen LogP contribution in [0, 0.1) is 22.7 Å². The molecule has 3 heterocycles. The standard InChI is InChI=1S/C35H46IN9O2/c1-3-45(29-8-9-31(37)30(20-29)33(38)26-13-18-44(36)19-14-26)35(47)28-10-15-42(21-28)22-32(46)43-16-11-25(12-17-43)24-4-6-27(7-5-24)34(39)41-23-40-2/h4-9,11,20,23,26,28,38H,3,10,12-19,21-22,37H2,1-2H3,(H2,39,40,41)/t28-/m1/s1. The lowest BCUT2D eigenvalue weighted by Gasteiger charge is -2.29. The Balaban J connectivity index is 1.14. The van der Waals surface area contributed by atoms with Crippen molar-refractivity contribution in [1.29, 1.82) is 10.8 Å². The Kier molecular flexibility index (Phi) is 11.8. The number of rotatable bonds is 10. The third-order valence-electron chi connectivity index (χ3n) is 9.46. The maximum Gasteiger partial charge on any atom is 0.237 e. The summed E-state index contributed by atoms with van der Waals surface area (Å²) >= 11 is 2.34. The molecule has 5 N–H and O–H groups in total. The zero-order valence-electron chi connectivity index (χ0n) is 27.3. The summed E-state index contributed by atoms with van der Waals surface area (Å²) in [6.07, 6.45) is 6.96. The van der Waals surface area contributed by atoms with Crippen molar-refractivity contribution in [2.24, 2.45) is 16.8 Å². The number of nitrogens with zero attached hydrogens (tertiary/aromatic N) is 5. The van der Waals surface area contributed by atoms with Crippen LogP contribution in [0.4, 0.5) is 11.4 Å². The van der Waals surface area contributed by atoms with Gasteiger partial charge in [0.05, 0.1) is 18.8 Å². The molecule has 0 unspecified atom stereocenters. The Hall–Kier alpha value is -3.62. The number of halogens is 1. The van der Waals surface area contributed by atoms with Gasteiger partial charge in [-0.15, -0.1) is 0 Å². The van der Waals surface area contributed by atoms with Crippen molar-refractivity contribution >= 4 is 69.5 Å². The lowest BCUT2D eigenvalue weighted by Crippen LogP contribution is -2.42. The monoisotopic (exact) mass is 751 g/mol.